The van der Waals surface area contributed by atoms with Crippen LogP contribution in [0.15, 0.2) is 47.4 Å². The van der Waals surface area contributed by atoms with Crippen molar-refractivity contribution in [2.45, 2.75) is 6.92 Å². The Morgan fingerprint density at radius 2 is 2.04 bits per heavy atom. The molecule has 1 saturated heterocycles. The van der Waals surface area contributed by atoms with Crippen molar-refractivity contribution in [3.63, 3.8) is 0 Å². The van der Waals surface area contributed by atoms with Gasteiger partial charge in [0.05, 0.1) is 4.91 Å². The summed E-state index contributed by atoms with van der Waals surface area (Å²) in [5, 5.41) is 12.4. The Morgan fingerprint density at radius 3 is 2.78 bits per heavy atom. The lowest BCUT2D eigenvalue weighted by atomic mass is 10.2. The van der Waals surface area contributed by atoms with E-state index in [4.69, 9.17) is 11.6 Å². The maximum atomic E-state index is 12.5. The molecule has 2 aromatic rings. The Kier molecular flexibility index (Phi) is 5.53. The molecule has 0 radical (unpaired) electrons. The van der Waals surface area contributed by atoms with Crippen LogP contribution in [0.1, 0.15) is 11.1 Å². The van der Waals surface area contributed by atoms with Crippen LogP contribution in [0.3, 0.4) is 0 Å². The standard InChI is InChI=1S/C19H15ClN2O4S/c1-11-3-2-4-14(7-11)21-17(24)10-22-18(25)16(27-19(22)26)9-12-8-13(20)5-6-15(12)23/h2-9,23H,10H2,1H3,(H,21,24)/b16-9-. The summed E-state index contributed by atoms with van der Waals surface area (Å²) in [5.74, 6) is -1.14. The van der Waals surface area contributed by atoms with Gasteiger partial charge in [-0.2, -0.15) is 0 Å². The zero-order valence-corrected chi connectivity index (χ0v) is 15.8. The quantitative estimate of drug-likeness (QED) is 0.754. The van der Waals surface area contributed by atoms with Crippen molar-refractivity contribution in [3.8, 4) is 5.75 Å². The molecule has 0 saturated carbocycles. The fourth-order valence-corrected chi connectivity index (χ4v) is 3.50. The summed E-state index contributed by atoms with van der Waals surface area (Å²) in [6.07, 6.45) is 1.38. The van der Waals surface area contributed by atoms with Gasteiger partial charge in [0.15, 0.2) is 0 Å². The molecule has 138 valence electrons. The van der Waals surface area contributed by atoms with E-state index in [0.29, 0.717) is 28.0 Å². The number of imide groups is 1. The van der Waals surface area contributed by atoms with Crippen molar-refractivity contribution in [2.24, 2.45) is 0 Å². The van der Waals surface area contributed by atoms with E-state index in [0.717, 1.165) is 10.5 Å². The van der Waals surface area contributed by atoms with Crippen molar-refractivity contribution in [2.75, 3.05) is 11.9 Å². The van der Waals surface area contributed by atoms with Gasteiger partial charge in [0.25, 0.3) is 11.1 Å². The number of hydrogen-bond donors (Lipinski definition) is 2. The fraction of sp³-hybridized carbons (Fsp3) is 0.105. The number of benzene rings is 2. The van der Waals surface area contributed by atoms with Crippen LogP contribution in [0.5, 0.6) is 5.75 Å². The van der Waals surface area contributed by atoms with E-state index in [1.807, 2.05) is 13.0 Å². The average molecular weight is 403 g/mol. The summed E-state index contributed by atoms with van der Waals surface area (Å²) in [4.78, 5) is 37.8. The molecule has 0 spiro atoms. The maximum absolute atomic E-state index is 12.5. The van der Waals surface area contributed by atoms with Gasteiger partial charge in [0.1, 0.15) is 12.3 Å². The number of hydrogen-bond acceptors (Lipinski definition) is 5. The SMILES string of the molecule is Cc1cccc(NC(=O)CN2C(=O)S/C(=C\c3cc(Cl)ccc3O)C2=O)c1. The molecule has 0 atom stereocenters. The van der Waals surface area contributed by atoms with Gasteiger partial charge in [-0.25, -0.2) is 0 Å². The Morgan fingerprint density at radius 1 is 1.26 bits per heavy atom. The number of halogens is 1. The second kappa shape index (κ2) is 7.85. The van der Waals surface area contributed by atoms with E-state index < -0.39 is 23.6 Å². The fourth-order valence-electron chi connectivity index (χ4n) is 2.49. The van der Waals surface area contributed by atoms with Crippen LogP contribution >= 0.6 is 23.4 Å². The van der Waals surface area contributed by atoms with Gasteiger partial charge in [-0.1, -0.05) is 23.7 Å². The third-order valence-corrected chi connectivity index (χ3v) is 4.90. The first-order chi connectivity index (χ1) is 12.8. The van der Waals surface area contributed by atoms with E-state index in [2.05, 4.69) is 5.32 Å². The maximum Gasteiger partial charge on any atom is 0.294 e. The molecule has 8 heteroatoms. The summed E-state index contributed by atoms with van der Waals surface area (Å²) in [6.45, 7) is 1.50. The minimum Gasteiger partial charge on any atom is -0.507 e. The zero-order chi connectivity index (χ0) is 19.6. The first kappa shape index (κ1) is 19.0. The number of rotatable bonds is 4. The molecule has 3 amide bonds. The van der Waals surface area contributed by atoms with Gasteiger partial charge in [-0.3, -0.25) is 19.3 Å². The third kappa shape index (κ3) is 4.50. The summed E-state index contributed by atoms with van der Waals surface area (Å²) < 4.78 is 0. The van der Waals surface area contributed by atoms with E-state index in [1.54, 1.807) is 18.2 Å². The molecular weight excluding hydrogens is 388 g/mol. The molecule has 0 bridgehead atoms. The Balaban J connectivity index is 1.73. The van der Waals surface area contributed by atoms with E-state index >= 15 is 0 Å². The first-order valence-corrected chi connectivity index (χ1v) is 9.13. The number of thioether (sulfide) groups is 1. The van der Waals surface area contributed by atoms with Gasteiger partial charge >= 0.3 is 0 Å². The van der Waals surface area contributed by atoms with E-state index in [9.17, 15) is 19.5 Å². The number of carbonyl (C=O) groups excluding carboxylic acids is 3. The monoisotopic (exact) mass is 402 g/mol. The molecule has 1 aliphatic rings. The molecule has 0 aliphatic carbocycles. The van der Waals surface area contributed by atoms with Gasteiger partial charge < -0.3 is 10.4 Å². The number of aryl methyl sites for hydroxylation is 1. The second-order valence-electron chi connectivity index (χ2n) is 5.89. The van der Waals surface area contributed by atoms with Crippen LogP contribution in [-0.4, -0.2) is 33.6 Å². The minimum absolute atomic E-state index is 0.0663. The molecule has 0 aromatic heterocycles. The third-order valence-electron chi connectivity index (χ3n) is 3.75. The van der Waals surface area contributed by atoms with E-state index in [-0.39, 0.29) is 10.7 Å². The number of aromatic hydroxyl groups is 1. The molecule has 2 N–H and O–H groups in total. The number of phenolic OH excluding ortho intramolecular Hbond substituents is 1. The van der Waals surface area contributed by atoms with Crippen LogP contribution < -0.4 is 5.32 Å². The Labute approximate surface area is 164 Å². The minimum atomic E-state index is -0.594. The summed E-state index contributed by atoms with van der Waals surface area (Å²) in [6, 6.07) is 11.6. The van der Waals surface area contributed by atoms with Crippen molar-refractivity contribution in [3.05, 3.63) is 63.5 Å². The first-order valence-electron chi connectivity index (χ1n) is 7.94. The van der Waals surface area contributed by atoms with Crippen LogP contribution in [-0.2, 0) is 9.59 Å². The second-order valence-corrected chi connectivity index (χ2v) is 7.32. The molecule has 3 rings (SSSR count). The molecule has 2 aromatic carbocycles. The lowest BCUT2D eigenvalue weighted by Gasteiger charge is -2.12. The lowest BCUT2D eigenvalue weighted by Crippen LogP contribution is -2.36. The number of nitrogens with one attached hydrogen (secondary N) is 1. The smallest absolute Gasteiger partial charge is 0.294 e. The normalized spacial score (nSPS) is 15.5. The Hall–Kier alpha value is -2.77. The Bertz CT molecular complexity index is 974. The highest BCUT2D eigenvalue weighted by atomic mass is 35.5. The van der Waals surface area contributed by atoms with Crippen LogP contribution in [0, 0.1) is 6.92 Å². The molecule has 27 heavy (non-hydrogen) atoms. The highest BCUT2D eigenvalue weighted by molar-refractivity contribution is 8.18. The molecule has 1 fully saturated rings. The van der Waals surface area contributed by atoms with Gasteiger partial charge in [0, 0.05) is 16.3 Å². The molecular formula is C19H15ClN2O4S. The molecule has 0 unspecified atom stereocenters. The van der Waals surface area contributed by atoms with Gasteiger partial charge in [-0.15, -0.1) is 0 Å². The predicted octanol–water partition coefficient (Wildman–Crippen LogP) is 4.03. The highest BCUT2D eigenvalue weighted by Gasteiger charge is 2.36. The number of phenols is 1. The van der Waals surface area contributed by atoms with Crippen LogP contribution in [0.25, 0.3) is 6.08 Å². The number of amides is 3. The van der Waals surface area contributed by atoms with E-state index in [1.165, 1.54) is 24.3 Å². The van der Waals surface area contributed by atoms with Gasteiger partial charge in [-0.05, 0) is 60.7 Å². The summed E-state index contributed by atoms with van der Waals surface area (Å²) >= 11 is 6.60. The predicted molar refractivity (Wildman–Crippen MR) is 106 cm³/mol. The number of anilines is 1. The van der Waals surface area contributed by atoms with Crippen molar-refractivity contribution >= 4 is 52.2 Å². The molecule has 6 nitrogen and oxygen atoms in total. The summed E-state index contributed by atoms with van der Waals surface area (Å²) in [7, 11) is 0. The molecule has 1 heterocycles. The number of carbonyl (C=O) groups is 3. The average Bonchev–Trinajstić information content (AvgIpc) is 2.85. The van der Waals surface area contributed by atoms with Gasteiger partial charge in [0.2, 0.25) is 5.91 Å². The lowest BCUT2D eigenvalue weighted by molar-refractivity contribution is -0.127. The van der Waals surface area contributed by atoms with Crippen LogP contribution in [0.2, 0.25) is 5.02 Å². The highest BCUT2D eigenvalue weighted by Crippen LogP contribution is 2.34. The topological polar surface area (TPSA) is 86.7 Å². The summed E-state index contributed by atoms with van der Waals surface area (Å²) in [5.41, 5.74) is 1.88. The van der Waals surface area contributed by atoms with Crippen LogP contribution in [0.4, 0.5) is 10.5 Å². The van der Waals surface area contributed by atoms with Crippen molar-refractivity contribution in [1.82, 2.24) is 4.90 Å². The zero-order valence-electron chi connectivity index (χ0n) is 14.2. The van der Waals surface area contributed by atoms with Crippen molar-refractivity contribution in [1.29, 1.82) is 0 Å². The largest absolute Gasteiger partial charge is 0.507 e. The van der Waals surface area contributed by atoms with Crippen molar-refractivity contribution < 1.29 is 19.5 Å². The molecule has 1 aliphatic heterocycles. The number of nitrogens with zero attached hydrogens (tertiary/aromatic N) is 1.